The Morgan fingerprint density at radius 3 is 2.66 bits per heavy atom. The lowest BCUT2D eigenvalue weighted by atomic mass is 9.85. The molecule has 0 saturated heterocycles. The van der Waals surface area contributed by atoms with Crippen LogP contribution in [0.4, 0.5) is 0 Å². The Bertz CT molecular complexity index is 1060. The van der Waals surface area contributed by atoms with E-state index in [0.29, 0.717) is 6.61 Å². The van der Waals surface area contributed by atoms with E-state index in [1.807, 2.05) is 18.2 Å². The minimum Gasteiger partial charge on any atom is -0.488 e. The zero-order valence-corrected chi connectivity index (χ0v) is 20.0. The van der Waals surface area contributed by atoms with E-state index in [-0.39, 0.29) is 5.41 Å². The van der Waals surface area contributed by atoms with Crippen molar-refractivity contribution in [2.24, 2.45) is 5.41 Å². The predicted octanol–water partition coefficient (Wildman–Crippen LogP) is 8.57. The topological polar surface area (TPSA) is 22.4 Å². The summed E-state index contributed by atoms with van der Waals surface area (Å²) >= 11 is 1.73. The number of hydrogen-bond acceptors (Lipinski definition) is 3. The van der Waals surface area contributed by atoms with Gasteiger partial charge in [0.1, 0.15) is 18.1 Å². The van der Waals surface area contributed by atoms with E-state index in [1.54, 1.807) is 17.6 Å². The summed E-state index contributed by atoms with van der Waals surface area (Å²) in [5.74, 6) is 1.91. The van der Waals surface area contributed by atoms with Crippen LogP contribution in [0.1, 0.15) is 42.0 Å². The Balaban J connectivity index is 0.000000305. The van der Waals surface area contributed by atoms with Crippen molar-refractivity contribution < 1.29 is 9.15 Å². The molecule has 1 aromatic carbocycles. The lowest BCUT2D eigenvalue weighted by Gasteiger charge is -2.19. The number of furan rings is 1. The minimum atomic E-state index is 0.186. The summed E-state index contributed by atoms with van der Waals surface area (Å²) in [6.45, 7) is 10.9. The average molecular weight is 445 g/mol. The molecule has 3 heteroatoms. The molecule has 2 aromatic heterocycles. The molecule has 0 saturated carbocycles. The van der Waals surface area contributed by atoms with Crippen molar-refractivity contribution in [3.63, 3.8) is 0 Å². The normalized spacial score (nSPS) is 14.2. The molecule has 166 valence electrons. The van der Waals surface area contributed by atoms with Crippen LogP contribution in [-0.2, 0) is 13.0 Å². The van der Waals surface area contributed by atoms with E-state index in [4.69, 9.17) is 9.15 Å². The molecule has 1 aliphatic rings. The SMILES string of the molecule is C=CCc1ccco1.Cc1cc(/C=C\CC2=CC=CC2(C)C)cc(OCc2cccs2)c1. The van der Waals surface area contributed by atoms with Crippen LogP contribution in [0.3, 0.4) is 0 Å². The molecule has 0 amide bonds. The fourth-order valence-corrected chi connectivity index (χ4v) is 4.07. The van der Waals surface area contributed by atoms with E-state index in [0.717, 1.165) is 24.4 Å². The first-order valence-electron chi connectivity index (χ1n) is 10.9. The Kier molecular flexibility index (Phi) is 8.52. The Hall–Kier alpha value is -3.04. The molecule has 4 rings (SSSR count). The highest BCUT2D eigenvalue weighted by Gasteiger charge is 2.21. The van der Waals surface area contributed by atoms with Crippen LogP contribution in [0, 0.1) is 12.3 Å². The van der Waals surface area contributed by atoms with Gasteiger partial charge >= 0.3 is 0 Å². The van der Waals surface area contributed by atoms with Gasteiger partial charge in [0.2, 0.25) is 0 Å². The van der Waals surface area contributed by atoms with Crippen LogP contribution in [0.2, 0.25) is 0 Å². The average Bonchev–Trinajstić information content (AvgIpc) is 3.51. The van der Waals surface area contributed by atoms with Crippen LogP contribution in [0.25, 0.3) is 6.08 Å². The lowest BCUT2D eigenvalue weighted by Crippen LogP contribution is -2.07. The second kappa shape index (κ2) is 11.5. The first-order chi connectivity index (χ1) is 15.5. The van der Waals surface area contributed by atoms with Gasteiger partial charge in [-0.15, -0.1) is 17.9 Å². The van der Waals surface area contributed by atoms with E-state index >= 15 is 0 Å². The number of benzene rings is 1. The lowest BCUT2D eigenvalue weighted by molar-refractivity contribution is 0.309. The van der Waals surface area contributed by atoms with Crippen molar-refractivity contribution in [2.45, 2.75) is 40.2 Å². The third-order valence-electron chi connectivity index (χ3n) is 5.25. The molecule has 0 N–H and O–H groups in total. The maximum Gasteiger partial charge on any atom is 0.122 e. The van der Waals surface area contributed by atoms with Gasteiger partial charge in [0.15, 0.2) is 0 Å². The van der Waals surface area contributed by atoms with Crippen LogP contribution >= 0.6 is 11.3 Å². The molecular formula is C29H32O2S. The molecule has 0 atom stereocenters. The molecule has 0 radical (unpaired) electrons. The second-order valence-corrected chi connectivity index (χ2v) is 9.43. The highest BCUT2D eigenvalue weighted by molar-refractivity contribution is 7.09. The second-order valence-electron chi connectivity index (χ2n) is 8.40. The number of thiophene rings is 1. The monoisotopic (exact) mass is 444 g/mol. The van der Waals surface area contributed by atoms with E-state index < -0.39 is 0 Å². The summed E-state index contributed by atoms with van der Waals surface area (Å²) in [7, 11) is 0. The Labute approximate surface area is 196 Å². The largest absolute Gasteiger partial charge is 0.488 e. The van der Waals surface area contributed by atoms with Crippen molar-refractivity contribution in [2.75, 3.05) is 0 Å². The van der Waals surface area contributed by atoms with Gasteiger partial charge < -0.3 is 9.15 Å². The van der Waals surface area contributed by atoms with Gasteiger partial charge in [0.25, 0.3) is 0 Å². The summed E-state index contributed by atoms with van der Waals surface area (Å²) < 4.78 is 10.9. The zero-order chi connectivity index (χ0) is 22.8. The van der Waals surface area contributed by atoms with Crippen molar-refractivity contribution in [1.29, 1.82) is 0 Å². The molecule has 32 heavy (non-hydrogen) atoms. The highest BCUT2D eigenvalue weighted by Crippen LogP contribution is 2.35. The number of rotatable bonds is 8. The number of aryl methyl sites for hydroxylation is 1. The molecule has 1 aliphatic carbocycles. The number of ether oxygens (including phenoxy) is 1. The highest BCUT2D eigenvalue weighted by atomic mass is 32.1. The molecule has 0 aliphatic heterocycles. The summed E-state index contributed by atoms with van der Waals surface area (Å²) in [6.07, 6.45) is 16.4. The predicted molar refractivity (Wildman–Crippen MR) is 137 cm³/mol. The van der Waals surface area contributed by atoms with Gasteiger partial charge in [-0.25, -0.2) is 0 Å². The zero-order valence-electron chi connectivity index (χ0n) is 19.2. The van der Waals surface area contributed by atoms with Crippen LogP contribution in [0.5, 0.6) is 5.75 Å². The molecule has 2 nitrogen and oxygen atoms in total. The number of allylic oxidation sites excluding steroid dienone is 6. The Morgan fingerprint density at radius 1 is 1.12 bits per heavy atom. The van der Waals surface area contributed by atoms with Gasteiger partial charge in [0, 0.05) is 16.7 Å². The van der Waals surface area contributed by atoms with Gasteiger partial charge in [-0.05, 0) is 60.2 Å². The van der Waals surface area contributed by atoms with Crippen molar-refractivity contribution in [3.8, 4) is 5.75 Å². The minimum absolute atomic E-state index is 0.186. The van der Waals surface area contributed by atoms with Gasteiger partial charge in [-0.3, -0.25) is 0 Å². The van der Waals surface area contributed by atoms with E-state index in [2.05, 4.69) is 93.4 Å². The van der Waals surface area contributed by atoms with E-state index in [9.17, 15) is 0 Å². The maximum atomic E-state index is 5.94. The smallest absolute Gasteiger partial charge is 0.122 e. The molecule has 0 unspecified atom stereocenters. The molecular weight excluding hydrogens is 412 g/mol. The standard InChI is InChI=1S/C22H24OS.C7H8O/c1-17-13-18(7-4-8-19-9-5-11-22(19,2)3)15-20(14-17)23-16-21-10-6-12-24-21;1-2-4-7-5-3-6-8-7/h4-7,9-15H,8,16H2,1-3H3;2-3,5-6H,1,4H2/b7-4-;. The first-order valence-corrected chi connectivity index (χ1v) is 11.8. The summed E-state index contributed by atoms with van der Waals surface area (Å²) in [5.41, 5.74) is 4.06. The van der Waals surface area contributed by atoms with Crippen LogP contribution in [-0.4, -0.2) is 0 Å². The van der Waals surface area contributed by atoms with Crippen molar-refractivity contribution >= 4 is 17.4 Å². The van der Waals surface area contributed by atoms with E-state index in [1.165, 1.54) is 21.6 Å². The van der Waals surface area contributed by atoms with Crippen LogP contribution < -0.4 is 4.74 Å². The molecule has 2 heterocycles. The first kappa shape index (κ1) is 23.6. The quantitative estimate of drug-likeness (QED) is 0.325. The van der Waals surface area contributed by atoms with Crippen molar-refractivity contribution in [1.82, 2.24) is 0 Å². The summed E-state index contributed by atoms with van der Waals surface area (Å²) in [6, 6.07) is 14.4. The van der Waals surface area contributed by atoms with Gasteiger partial charge in [-0.2, -0.15) is 0 Å². The summed E-state index contributed by atoms with van der Waals surface area (Å²) in [4.78, 5) is 1.25. The fourth-order valence-electron chi connectivity index (χ4n) is 3.46. The van der Waals surface area contributed by atoms with Gasteiger partial charge in [-0.1, -0.05) is 68.0 Å². The maximum absolute atomic E-state index is 5.94. The molecule has 0 fully saturated rings. The van der Waals surface area contributed by atoms with Gasteiger partial charge in [0.05, 0.1) is 6.26 Å². The number of hydrogen-bond donors (Lipinski definition) is 0. The third-order valence-corrected chi connectivity index (χ3v) is 6.10. The van der Waals surface area contributed by atoms with Crippen LogP contribution in [0.15, 0.2) is 101 Å². The Morgan fingerprint density at radius 2 is 2.00 bits per heavy atom. The van der Waals surface area contributed by atoms with Crippen molar-refractivity contribution in [3.05, 3.63) is 118 Å². The fraction of sp³-hybridized carbons (Fsp3) is 0.241. The third kappa shape index (κ3) is 7.28. The summed E-state index contributed by atoms with van der Waals surface area (Å²) in [5, 5.41) is 2.08. The molecule has 0 spiro atoms. The molecule has 0 bridgehead atoms. The molecule has 3 aromatic rings.